The lowest BCUT2D eigenvalue weighted by Crippen LogP contribution is -2.14. The van der Waals surface area contributed by atoms with Gasteiger partial charge in [-0.25, -0.2) is 9.97 Å². The second-order valence-corrected chi connectivity index (χ2v) is 15.8. The molecule has 0 spiro atoms. The van der Waals surface area contributed by atoms with Gasteiger partial charge in [0.15, 0.2) is 5.82 Å². The number of furan rings is 1. The van der Waals surface area contributed by atoms with Crippen LogP contribution in [0, 0.1) is 0 Å². The molecule has 0 bridgehead atoms. The van der Waals surface area contributed by atoms with Gasteiger partial charge in [0.25, 0.3) is 0 Å². The van der Waals surface area contributed by atoms with Crippen LogP contribution in [0.3, 0.4) is 0 Å². The SMILES string of the molecule is CC1(C)c2ccccc2-c2ccc(-c3cccc(-c4cc(-c5ccc6oc7ccccc7c6c5)cc(-c5cc(-c6ccccc6)nc(-c6ccccc6)n5)c4)c3)cc21. The molecule has 3 nitrogen and oxygen atoms in total. The monoisotopic (exact) mass is 742 g/mol. The van der Waals surface area contributed by atoms with E-state index in [-0.39, 0.29) is 5.41 Å². The highest BCUT2D eigenvalue weighted by Crippen LogP contribution is 2.49. The first kappa shape index (κ1) is 33.9. The van der Waals surface area contributed by atoms with Crippen LogP contribution in [0.2, 0.25) is 0 Å². The van der Waals surface area contributed by atoms with Crippen molar-refractivity contribution in [2.75, 3.05) is 0 Å². The van der Waals surface area contributed by atoms with E-state index in [4.69, 9.17) is 14.4 Å². The smallest absolute Gasteiger partial charge is 0.160 e. The zero-order valence-electron chi connectivity index (χ0n) is 32.3. The van der Waals surface area contributed by atoms with E-state index >= 15 is 0 Å². The first-order valence-electron chi connectivity index (χ1n) is 19.9. The summed E-state index contributed by atoms with van der Waals surface area (Å²) in [6, 6.07) is 69.1. The molecule has 0 N–H and O–H groups in total. The largest absolute Gasteiger partial charge is 0.456 e. The average molecular weight is 743 g/mol. The van der Waals surface area contributed by atoms with Crippen LogP contribution in [0.5, 0.6) is 0 Å². The molecule has 2 aromatic heterocycles. The minimum absolute atomic E-state index is 0.0705. The van der Waals surface area contributed by atoms with Gasteiger partial charge in [0.05, 0.1) is 11.4 Å². The summed E-state index contributed by atoms with van der Waals surface area (Å²) in [5.41, 5.74) is 18.8. The number of hydrogen-bond donors (Lipinski definition) is 0. The van der Waals surface area contributed by atoms with E-state index in [0.717, 1.165) is 72.3 Å². The van der Waals surface area contributed by atoms with Crippen molar-refractivity contribution in [3.8, 4) is 78.4 Å². The van der Waals surface area contributed by atoms with E-state index in [1.807, 2.05) is 36.4 Å². The molecule has 0 radical (unpaired) electrons. The summed E-state index contributed by atoms with van der Waals surface area (Å²) in [6.45, 7) is 4.68. The van der Waals surface area contributed by atoms with Crippen LogP contribution in [0.25, 0.3) is 100 Å². The summed E-state index contributed by atoms with van der Waals surface area (Å²) in [5.74, 6) is 0.693. The molecule has 8 aromatic carbocycles. The lowest BCUT2D eigenvalue weighted by molar-refractivity contribution is 0.660. The van der Waals surface area contributed by atoms with Gasteiger partial charge in [0, 0.05) is 32.9 Å². The normalized spacial score (nSPS) is 12.8. The fourth-order valence-electron chi connectivity index (χ4n) is 8.84. The Labute approximate surface area is 338 Å². The Morgan fingerprint density at radius 3 is 1.67 bits per heavy atom. The van der Waals surface area contributed by atoms with Crippen molar-refractivity contribution in [1.29, 1.82) is 0 Å². The van der Waals surface area contributed by atoms with Crippen LogP contribution in [-0.4, -0.2) is 9.97 Å². The summed E-state index contributed by atoms with van der Waals surface area (Å²) < 4.78 is 6.24. The molecule has 0 amide bonds. The number of benzene rings is 8. The van der Waals surface area contributed by atoms with Gasteiger partial charge in [-0.3, -0.25) is 0 Å². The highest BCUT2D eigenvalue weighted by molar-refractivity contribution is 6.06. The fourth-order valence-corrected chi connectivity index (χ4v) is 8.84. The quantitative estimate of drug-likeness (QED) is 0.170. The Balaban J connectivity index is 1.09. The summed E-state index contributed by atoms with van der Waals surface area (Å²) in [4.78, 5) is 10.3. The minimum Gasteiger partial charge on any atom is -0.456 e. The standard InChI is InChI=1S/C55H38N2O/c1-55(2)48-22-11-9-20-44(48)45-26-24-40(33-49(45)55)37-18-13-19-38(28-37)41-29-42(39-25-27-53-47(32-39)46-21-10-12-23-52(46)58-53)31-43(30-41)51-34-50(35-14-5-3-6-15-35)56-54(57-51)36-16-7-4-8-17-36/h3-34H,1-2H3. The summed E-state index contributed by atoms with van der Waals surface area (Å²) in [6.07, 6.45) is 0. The molecule has 0 aliphatic heterocycles. The van der Waals surface area contributed by atoms with Crippen LogP contribution in [0.4, 0.5) is 0 Å². The third-order valence-corrected chi connectivity index (χ3v) is 11.9. The van der Waals surface area contributed by atoms with Crippen molar-refractivity contribution in [2.45, 2.75) is 19.3 Å². The van der Waals surface area contributed by atoms with Gasteiger partial charge in [-0.05, 0) is 110 Å². The Kier molecular flexibility index (Phi) is 7.84. The Morgan fingerprint density at radius 1 is 0.345 bits per heavy atom. The molecular formula is C55H38N2O. The van der Waals surface area contributed by atoms with E-state index in [9.17, 15) is 0 Å². The Bertz CT molecular complexity index is 3140. The van der Waals surface area contributed by atoms with Crippen molar-refractivity contribution in [2.24, 2.45) is 0 Å². The van der Waals surface area contributed by atoms with Crippen LogP contribution < -0.4 is 0 Å². The predicted octanol–water partition coefficient (Wildman–Crippen LogP) is 14.7. The second kappa shape index (κ2) is 13.4. The molecular weight excluding hydrogens is 705 g/mol. The molecule has 0 atom stereocenters. The number of fused-ring (bicyclic) bond motifs is 6. The summed E-state index contributed by atoms with van der Waals surface area (Å²) >= 11 is 0. The molecule has 274 valence electrons. The van der Waals surface area contributed by atoms with E-state index in [0.29, 0.717) is 5.82 Å². The maximum absolute atomic E-state index is 6.24. The molecule has 10 aromatic rings. The first-order valence-corrected chi connectivity index (χ1v) is 19.9. The molecule has 11 rings (SSSR count). The van der Waals surface area contributed by atoms with Gasteiger partial charge in [-0.2, -0.15) is 0 Å². The van der Waals surface area contributed by atoms with E-state index in [2.05, 4.69) is 172 Å². The molecule has 2 heterocycles. The predicted molar refractivity (Wildman–Crippen MR) is 239 cm³/mol. The fraction of sp³-hybridized carbons (Fsp3) is 0.0545. The number of nitrogens with zero attached hydrogens (tertiary/aromatic N) is 2. The first-order chi connectivity index (χ1) is 28.5. The summed E-state index contributed by atoms with van der Waals surface area (Å²) in [5, 5.41) is 2.21. The molecule has 0 unspecified atom stereocenters. The molecule has 3 heteroatoms. The number of aromatic nitrogens is 2. The van der Waals surface area contributed by atoms with Gasteiger partial charge >= 0.3 is 0 Å². The average Bonchev–Trinajstić information content (AvgIpc) is 3.77. The molecule has 1 aliphatic rings. The van der Waals surface area contributed by atoms with E-state index in [1.54, 1.807) is 0 Å². The van der Waals surface area contributed by atoms with Crippen molar-refractivity contribution < 1.29 is 4.42 Å². The molecule has 58 heavy (non-hydrogen) atoms. The number of rotatable bonds is 6. The maximum Gasteiger partial charge on any atom is 0.160 e. The highest BCUT2D eigenvalue weighted by Gasteiger charge is 2.35. The van der Waals surface area contributed by atoms with Crippen molar-refractivity contribution in [3.05, 3.63) is 205 Å². The third-order valence-electron chi connectivity index (χ3n) is 11.9. The topological polar surface area (TPSA) is 38.9 Å². The second-order valence-electron chi connectivity index (χ2n) is 15.8. The minimum atomic E-state index is -0.0705. The van der Waals surface area contributed by atoms with Crippen LogP contribution >= 0.6 is 0 Å². The van der Waals surface area contributed by atoms with Crippen molar-refractivity contribution in [1.82, 2.24) is 9.97 Å². The van der Waals surface area contributed by atoms with E-state index < -0.39 is 0 Å². The van der Waals surface area contributed by atoms with Gasteiger partial charge in [0.1, 0.15) is 11.2 Å². The zero-order valence-corrected chi connectivity index (χ0v) is 32.3. The van der Waals surface area contributed by atoms with Gasteiger partial charge in [-0.1, -0.05) is 153 Å². The van der Waals surface area contributed by atoms with E-state index in [1.165, 1.54) is 33.4 Å². The molecule has 1 aliphatic carbocycles. The number of para-hydroxylation sites is 1. The third kappa shape index (κ3) is 5.74. The van der Waals surface area contributed by atoms with Crippen LogP contribution in [0.15, 0.2) is 199 Å². The van der Waals surface area contributed by atoms with Crippen molar-refractivity contribution in [3.63, 3.8) is 0 Å². The summed E-state index contributed by atoms with van der Waals surface area (Å²) in [7, 11) is 0. The molecule has 0 saturated heterocycles. The lowest BCUT2D eigenvalue weighted by Gasteiger charge is -2.22. The number of hydrogen-bond acceptors (Lipinski definition) is 3. The highest BCUT2D eigenvalue weighted by atomic mass is 16.3. The Hall–Kier alpha value is -7.36. The van der Waals surface area contributed by atoms with Gasteiger partial charge in [0.2, 0.25) is 0 Å². The van der Waals surface area contributed by atoms with Gasteiger partial charge in [-0.15, -0.1) is 0 Å². The van der Waals surface area contributed by atoms with Crippen molar-refractivity contribution >= 4 is 21.9 Å². The van der Waals surface area contributed by atoms with Crippen LogP contribution in [-0.2, 0) is 5.41 Å². The zero-order chi connectivity index (χ0) is 38.8. The Morgan fingerprint density at radius 2 is 0.879 bits per heavy atom. The molecule has 0 saturated carbocycles. The van der Waals surface area contributed by atoms with Gasteiger partial charge < -0.3 is 4.42 Å². The lowest BCUT2D eigenvalue weighted by atomic mass is 9.81. The van der Waals surface area contributed by atoms with Crippen LogP contribution in [0.1, 0.15) is 25.0 Å². The maximum atomic E-state index is 6.24. The molecule has 0 fully saturated rings.